The average molecular weight is 193 g/mol. The molecule has 78 valence electrons. The van der Waals surface area contributed by atoms with Crippen molar-refractivity contribution in [1.82, 2.24) is 5.32 Å². The molecule has 1 fully saturated rings. The molecule has 0 aromatic carbocycles. The SMILES string of the molecule is OC[C@H]1NC[C@H](O)[C@@H](O)[C@@H](O)[C@@H]1O. The quantitative estimate of drug-likeness (QED) is 0.256. The molecule has 0 unspecified atom stereocenters. The van der Waals surface area contributed by atoms with Gasteiger partial charge in [0.05, 0.1) is 18.8 Å². The van der Waals surface area contributed by atoms with Gasteiger partial charge in [0.15, 0.2) is 0 Å². The molecule has 1 rings (SSSR count). The summed E-state index contributed by atoms with van der Waals surface area (Å²) in [5.74, 6) is 0. The fourth-order valence-electron chi connectivity index (χ4n) is 1.35. The van der Waals surface area contributed by atoms with Crippen LogP contribution < -0.4 is 5.32 Å². The summed E-state index contributed by atoms with van der Waals surface area (Å²) in [6, 6.07) is -0.721. The van der Waals surface area contributed by atoms with Crippen molar-refractivity contribution in [1.29, 1.82) is 0 Å². The highest BCUT2D eigenvalue weighted by atomic mass is 16.4. The Bertz CT molecular complexity index is 165. The number of nitrogens with one attached hydrogen (secondary N) is 1. The first kappa shape index (κ1) is 10.8. The molecule has 6 nitrogen and oxygen atoms in total. The van der Waals surface area contributed by atoms with E-state index in [0.717, 1.165) is 0 Å². The van der Waals surface area contributed by atoms with Crippen LogP contribution in [0.4, 0.5) is 0 Å². The van der Waals surface area contributed by atoms with Crippen molar-refractivity contribution in [3.05, 3.63) is 0 Å². The number of hydrogen-bond donors (Lipinski definition) is 6. The number of aliphatic hydroxyl groups is 5. The lowest BCUT2D eigenvalue weighted by Gasteiger charge is -2.24. The van der Waals surface area contributed by atoms with Gasteiger partial charge in [-0.25, -0.2) is 0 Å². The minimum absolute atomic E-state index is 0.0283. The van der Waals surface area contributed by atoms with Gasteiger partial charge in [-0.1, -0.05) is 0 Å². The van der Waals surface area contributed by atoms with Gasteiger partial charge < -0.3 is 30.8 Å². The molecule has 0 spiro atoms. The fourth-order valence-corrected chi connectivity index (χ4v) is 1.35. The van der Waals surface area contributed by atoms with E-state index in [0.29, 0.717) is 0 Å². The Morgan fingerprint density at radius 1 is 1.00 bits per heavy atom. The van der Waals surface area contributed by atoms with Gasteiger partial charge in [0.1, 0.15) is 18.3 Å². The molecule has 0 saturated carbocycles. The third-order valence-corrected chi connectivity index (χ3v) is 2.29. The van der Waals surface area contributed by atoms with Gasteiger partial charge in [0, 0.05) is 6.54 Å². The highest BCUT2D eigenvalue weighted by Gasteiger charge is 2.37. The van der Waals surface area contributed by atoms with Gasteiger partial charge in [-0.2, -0.15) is 0 Å². The molecule has 6 N–H and O–H groups in total. The Kier molecular flexibility index (Phi) is 3.60. The zero-order valence-electron chi connectivity index (χ0n) is 7.04. The maximum absolute atomic E-state index is 9.36. The molecular weight excluding hydrogens is 178 g/mol. The fraction of sp³-hybridized carbons (Fsp3) is 1.00. The highest BCUT2D eigenvalue weighted by molar-refractivity contribution is 4.92. The predicted molar refractivity (Wildman–Crippen MR) is 42.9 cm³/mol. The van der Waals surface area contributed by atoms with E-state index in [1.165, 1.54) is 0 Å². The van der Waals surface area contributed by atoms with Crippen LogP contribution in [0.15, 0.2) is 0 Å². The van der Waals surface area contributed by atoms with Crippen molar-refractivity contribution >= 4 is 0 Å². The van der Waals surface area contributed by atoms with Crippen molar-refractivity contribution in [2.75, 3.05) is 13.2 Å². The first-order valence-electron chi connectivity index (χ1n) is 4.14. The molecule has 13 heavy (non-hydrogen) atoms. The van der Waals surface area contributed by atoms with Gasteiger partial charge in [-0.05, 0) is 0 Å². The average Bonchev–Trinajstić information content (AvgIpc) is 2.22. The zero-order chi connectivity index (χ0) is 10.0. The van der Waals surface area contributed by atoms with Crippen LogP contribution in [-0.4, -0.2) is 69.1 Å². The molecule has 0 amide bonds. The first-order chi connectivity index (χ1) is 6.07. The lowest BCUT2D eigenvalue weighted by molar-refractivity contribution is -0.0980. The molecule has 6 heteroatoms. The maximum Gasteiger partial charge on any atom is 0.110 e. The highest BCUT2D eigenvalue weighted by Crippen LogP contribution is 2.11. The summed E-state index contributed by atoms with van der Waals surface area (Å²) in [6.45, 7) is -0.335. The third kappa shape index (κ3) is 2.16. The van der Waals surface area contributed by atoms with Gasteiger partial charge in [0.25, 0.3) is 0 Å². The number of rotatable bonds is 1. The van der Waals surface area contributed by atoms with E-state index in [-0.39, 0.29) is 13.2 Å². The second kappa shape index (κ2) is 4.32. The second-order valence-corrected chi connectivity index (χ2v) is 3.24. The van der Waals surface area contributed by atoms with Crippen LogP contribution >= 0.6 is 0 Å². The van der Waals surface area contributed by atoms with Crippen molar-refractivity contribution in [2.45, 2.75) is 30.5 Å². The Balaban J connectivity index is 2.69. The van der Waals surface area contributed by atoms with Crippen molar-refractivity contribution in [3.63, 3.8) is 0 Å². The Morgan fingerprint density at radius 3 is 2.15 bits per heavy atom. The molecule has 1 saturated heterocycles. The molecule has 0 aromatic rings. The van der Waals surface area contributed by atoms with E-state index in [2.05, 4.69) is 5.32 Å². The molecule has 0 radical (unpaired) electrons. The Labute approximate surface area is 75.4 Å². The van der Waals surface area contributed by atoms with E-state index >= 15 is 0 Å². The minimum Gasteiger partial charge on any atom is -0.395 e. The lowest BCUT2D eigenvalue weighted by atomic mass is 10.0. The van der Waals surface area contributed by atoms with Crippen LogP contribution in [0.1, 0.15) is 0 Å². The van der Waals surface area contributed by atoms with E-state index in [9.17, 15) is 20.4 Å². The summed E-state index contributed by atoms with van der Waals surface area (Å²) in [5, 5.41) is 48.5. The van der Waals surface area contributed by atoms with E-state index in [1.54, 1.807) is 0 Å². The lowest BCUT2D eigenvalue weighted by Crippen LogP contribution is -2.48. The third-order valence-electron chi connectivity index (χ3n) is 2.29. The molecule has 1 heterocycles. The summed E-state index contributed by atoms with van der Waals surface area (Å²) in [5.41, 5.74) is 0. The summed E-state index contributed by atoms with van der Waals surface area (Å²) >= 11 is 0. The topological polar surface area (TPSA) is 113 Å². The van der Waals surface area contributed by atoms with Crippen LogP contribution in [0.2, 0.25) is 0 Å². The van der Waals surface area contributed by atoms with Crippen molar-refractivity contribution in [2.24, 2.45) is 0 Å². The van der Waals surface area contributed by atoms with E-state index in [1.807, 2.05) is 0 Å². The standard InChI is InChI=1S/C7H15NO5/c9-2-3-5(11)7(13)6(12)4(10)1-8-3/h3-13H,1-2H2/t3-,4+,5-,6-,7+/m1/s1. The normalized spacial score (nSPS) is 47.3. The smallest absolute Gasteiger partial charge is 0.110 e. The molecule has 1 aliphatic heterocycles. The summed E-state index contributed by atoms with van der Waals surface area (Å²) in [7, 11) is 0. The number of aliphatic hydroxyl groups excluding tert-OH is 5. The Morgan fingerprint density at radius 2 is 1.62 bits per heavy atom. The van der Waals surface area contributed by atoms with Gasteiger partial charge in [0.2, 0.25) is 0 Å². The molecule has 0 aliphatic carbocycles. The summed E-state index contributed by atoms with van der Waals surface area (Å²) in [6.07, 6.45) is -5.25. The van der Waals surface area contributed by atoms with E-state index < -0.39 is 30.5 Å². The summed E-state index contributed by atoms with van der Waals surface area (Å²) < 4.78 is 0. The van der Waals surface area contributed by atoms with Crippen LogP contribution in [0.3, 0.4) is 0 Å². The molecule has 1 aliphatic rings. The Hall–Kier alpha value is -0.240. The predicted octanol–water partition coefficient (Wildman–Crippen LogP) is -3.61. The number of β-amino-alcohol motifs (C(OH)–C–C–N with tert-alkyl or cyclic N) is 1. The van der Waals surface area contributed by atoms with E-state index in [4.69, 9.17) is 5.11 Å². The first-order valence-corrected chi connectivity index (χ1v) is 4.14. The molecule has 0 bridgehead atoms. The van der Waals surface area contributed by atoms with Gasteiger partial charge in [-0.15, -0.1) is 0 Å². The number of hydrogen-bond acceptors (Lipinski definition) is 6. The van der Waals surface area contributed by atoms with Crippen LogP contribution in [0, 0.1) is 0 Å². The maximum atomic E-state index is 9.36. The minimum atomic E-state index is -1.44. The van der Waals surface area contributed by atoms with Crippen molar-refractivity contribution < 1.29 is 25.5 Å². The monoisotopic (exact) mass is 193 g/mol. The van der Waals surface area contributed by atoms with Gasteiger partial charge in [-0.3, -0.25) is 0 Å². The van der Waals surface area contributed by atoms with Crippen molar-refractivity contribution in [3.8, 4) is 0 Å². The zero-order valence-corrected chi connectivity index (χ0v) is 7.04. The van der Waals surface area contributed by atoms with Gasteiger partial charge >= 0.3 is 0 Å². The molecule has 0 aromatic heterocycles. The van der Waals surface area contributed by atoms with Crippen LogP contribution in [0.5, 0.6) is 0 Å². The van der Waals surface area contributed by atoms with Crippen LogP contribution in [0.25, 0.3) is 0 Å². The summed E-state index contributed by atoms with van der Waals surface area (Å²) in [4.78, 5) is 0. The van der Waals surface area contributed by atoms with Crippen LogP contribution in [-0.2, 0) is 0 Å². The largest absolute Gasteiger partial charge is 0.395 e. The molecular formula is C7H15NO5. The second-order valence-electron chi connectivity index (χ2n) is 3.24. The molecule has 5 atom stereocenters.